The Kier molecular flexibility index (Phi) is 3.18. The lowest BCUT2D eigenvalue weighted by atomic mass is 10.1. The molecule has 1 aliphatic heterocycles. The minimum absolute atomic E-state index is 0.161. The van der Waals surface area contributed by atoms with Crippen LogP contribution in [0, 0.1) is 4.64 Å². The van der Waals surface area contributed by atoms with Crippen molar-refractivity contribution in [3.8, 4) is 0 Å². The number of fused-ring (bicyclic) bond motifs is 1. The topological polar surface area (TPSA) is 136 Å². The van der Waals surface area contributed by atoms with Crippen LogP contribution in [0.15, 0.2) is 11.1 Å². The highest BCUT2D eigenvalue weighted by Gasteiger charge is 2.43. The van der Waals surface area contributed by atoms with E-state index in [1.165, 1.54) is 10.9 Å². The third-order valence-corrected chi connectivity index (χ3v) is 3.55. The van der Waals surface area contributed by atoms with E-state index in [0.29, 0.717) is 5.52 Å². The first kappa shape index (κ1) is 13.4. The van der Waals surface area contributed by atoms with Crippen LogP contribution < -0.4 is 5.69 Å². The second-order valence-corrected chi connectivity index (χ2v) is 4.89. The van der Waals surface area contributed by atoms with Gasteiger partial charge in [-0.2, -0.15) is 0 Å². The van der Waals surface area contributed by atoms with Gasteiger partial charge in [-0.05, 0) is 0 Å². The second kappa shape index (κ2) is 4.75. The van der Waals surface area contributed by atoms with Crippen molar-refractivity contribution in [1.29, 1.82) is 0 Å². The average Bonchev–Trinajstić information content (AvgIpc) is 2.93. The number of aromatic amines is 2. The SMILES string of the molecule is O=c1[nH]c(=S)c2ncn([C@@H]3O[C@H](CO)[C@@H](O)[C@H]3O)c2[nH]1. The third kappa shape index (κ3) is 1.89. The Balaban J connectivity index is 2.12. The first-order chi connectivity index (χ1) is 9.52. The van der Waals surface area contributed by atoms with Crippen LogP contribution in [0.1, 0.15) is 6.23 Å². The number of nitrogens with zero attached hydrogens (tertiary/aromatic N) is 2. The van der Waals surface area contributed by atoms with Crippen molar-refractivity contribution in [2.45, 2.75) is 24.5 Å². The zero-order chi connectivity index (χ0) is 14.4. The fourth-order valence-electron chi connectivity index (χ4n) is 2.25. The van der Waals surface area contributed by atoms with Gasteiger partial charge in [0.25, 0.3) is 0 Å². The van der Waals surface area contributed by atoms with E-state index >= 15 is 0 Å². The number of imidazole rings is 1. The van der Waals surface area contributed by atoms with Crippen molar-refractivity contribution in [2.75, 3.05) is 6.61 Å². The number of aromatic nitrogens is 4. The van der Waals surface area contributed by atoms with Crippen molar-refractivity contribution >= 4 is 23.4 Å². The summed E-state index contributed by atoms with van der Waals surface area (Å²) in [6.45, 7) is -0.433. The molecule has 20 heavy (non-hydrogen) atoms. The predicted molar refractivity (Wildman–Crippen MR) is 68.5 cm³/mol. The molecule has 0 spiro atoms. The highest BCUT2D eigenvalue weighted by atomic mass is 32.1. The van der Waals surface area contributed by atoms with Gasteiger partial charge in [-0.15, -0.1) is 0 Å². The Hall–Kier alpha value is -1.59. The molecular formula is C10H12N4O5S. The fourth-order valence-corrected chi connectivity index (χ4v) is 2.50. The maximum absolute atomic E-state index is 11.4. The molecule has 3 rings (SSSR count). The molecule has 5 N–H and O–H groups in total. The Labute approximate surface area is 116 Å². The first-order valence-corrected chi connectivity index (χ1v) is 6.25. The van der Waals surface area contributed by atoms with E-state index in [-0.39, 0.29) is 10.3 Å². The summed E-state index contributed by atoms with van der Waals surface area (Å²) in [5.74, 6) is 0. The van der Waals surface area contributed by atoms with Crippen molar-refractivity contribution in [1.82, 2.24) is 19.5 Å². The van der Waals surface area contributed by atoms with E-state index < -0.39 is 36.8 Å². The fraction of sp³-hybridized carbons (Fsp3) is 0.500. The number of hydrogen-bond donors (Lipinski definition) is 5. The number of ether oxygens (including phenoxy) is 1. The molecule has 2 aromatic heterocycles. The second-order valence-electron chi connectivity index (χ2n) is 4.49. The van der Waals surface area contributed by atoms with E-state index in [2.05, 4.69) is 15.0 Å². The minimum Gasteiger partial charge on any atom is -0.394 e. The Morgan fingerprint density at radius 3 is 2.80 bits per heavy atom. The molecule has 1 fully saturated rings. The number of aliphatic hydroxyl groups excluding tert-OH is 3. The van der Waals surface area contributed by atoms with Gasteiger partial charge in [0.2, 0.25) is 0 Å². The van der Waals surface area contributed by atoms with E-state index in [0.717, 1.165) is 0 Å². The monoisotopic (exact) mass is 300 g/mol. The van der Waals surface area contributed by atoms with Gasteiger partial charge in [0.05, 0.1) is 12.9 Å². The smallest absolute Gasteiger partial charge is 0.325 e. The number of rotatable bonds is 2. The quantitative estimate of drug-likeness (QED) is 0.421. The van der Waals surface area contributed by atoms with Gasteiger partial charge < -0.3 is 20.1 Å². The molecule has 9 nitrogen and oxygen atoms in total. The molecule has 10 heteroatoms. The van der Waals surface area contributed by atoms with E-state index in [4.69, 9.17) is 22.1 Å². The average molecular weight is 300 g/mol. The highest BCUT2D eigenvalue weighted by Crippen LogP contribution is 2.30. The lowest BCUT2D eigenvalue weighted by Crippen LogP contribution is -2.33. The van der Waals surface area contributed by atoms with Crippen LogP contribution in [0.3, 0.4) is 0 Å². The van der Waals surface area contributed by atoms with Crippen LogP contribution in [-0.4, -0.2) is 59.8 Å². The van der Waals surface area contributed by atoms with Gasteiger partial charge in [0, 0.05) is 0 Å². The lowest BCUT2D eigenvalue weighted by Gasteiger charge is -2.16. The summed E-state index contributed by atoms with van der Waals surface area (Å²) in [5.41, 5.74) is 0.0990. The molecule has 0 aromatic carbocycles. The highest BCUT2D eigenvalue weighted by molar-refractivity contribution is 7.71. The zero-order valence-corrected chi connectivity index (χ0v) is 10.9. The molecule has 0 radical (unpaired) electrons. The number of aliphatic hydroxyl groups is 3. The van der Waals surface area contributed by atoms with Crippen LogP contribution in [0.5, 0.6) is 0 Å². The number of H-pyrrole nitrogens is 2. The zero-order valence-electron chi connectivity index (χ0n) is 10.1. The molecule has 3 heterocycles. The number of hydrogen-bond acceptors (Lipinski definition) is 7. The van der Waals surface area contributed by atoms with Crippen LogP contribution in [0.4, 0.5) is 0 Å². The molecule has 0 aliphatic carbocycles. The maximum Gasteiger partial charge on any atom is 0.325 e. The number of nitrogens with one attached hydrogen (secondary N) is 2. The van der Waals surface area contributed by atoms with Crippen LogP contribution in [0.2, 0.25) is 0 Å². The maximum atomic E-state index is 11.4. The standard InChI is InChI=1S/C10H12N4O5S/c15-1-3-5(16)6(17)9(19-3)14-2-11-4-7(14)12-10(18)13-8(4)20/h2-3,5-6,9,15-17H,1H2,(H2,12,13,18,20)/t3-,5-,6-,9-/m1/s1. The van der Waals surface area contributed by atoms with Crippen LogP contribution in [-0.2, 0) is 4.74 Å². The molecular weight excluding hydrogens is 288 g/mol. The van der Waals surface area contributed by atoms with Gasteiger partial charge in [-0.1, -0.05) is 12.2 Å². The normalized spacial score (nSPS) is 30.1. The van der Waals surface area contributed by atoms with Crippen molar-refractivity contribution in [3.63, 3.8) is 0 Å². The summed E-state index contributed by atoms with van der Waals surface area (Å²) in [4.78, 5) is 20.4. The van der Waals surface area contributed by atoms with Crippen LogP contribution in [0.25, 0.3) is 11.2 Å². The molecule has 108 valence electrons. The summed E-state index contributed by atoms with van der Waals surface area (Å²) >= 11 is 4.98. The minimum atomic E-state index is -1.26. The summed E-state index contributed by atoms with van der Waals surface area (Å²) in [7, 11) is 0. The van der Waals surface area contributed by atoms with Gasteiger partial charge in [-0.25, -0.2) is 9.78 Å². The van der Waals surface area contributed by atoms with Crippen molar-refractivity contribution < 1.29 is 20.1 Å². The van der Waals surface area contributed by atoms with Gasteiger partial charge in [0.1, 0.15) is 34.1 Å². The molecule has 1 aliphatic rings. The third-order valence-electron chi connectivity index (χ3n) is 3.26. The molecule has 4 atom stereocenters. The molecule has 0 bridgehead atoms. The predicted octanol–water partition coefficient (Wildman–Crippen LogP) is -1.61. The van der Waals surface area contributed by atoms with Gasteiger partial charge >= 0.3 is 5.69 Å². The van der Waals surface area contributed by atoms with Crippen molar-refractivity contribution in [3.05, 3.63) is 21.5 Å². The van der Waals surface area contributed by atoms with E-state index in [1.54, 1.807) is 0 Å². The molecule has 0 saturated carbocycles. The Morgan fingerprint density at radius 2 is 2.15 bits per heavy atom. The molecule has 0 unspecified atom stereocenters. The largest absolute Gasteiger partial charge is 0.394 e. The first-order valence-electron chi connectivity index (χ1n) is 5.84. The van der Waals surface area contributed by atoms with Gasteiger partial charge in [0.15, 0.2) is 6.23 Å². The summed E-state index contributed by atoms with van der Waals surface area (Å²) < 4.78 is 6.90. The summed E-state index contributed by atoms with van der Waals surface area (Å²) in [6.07, 6.45) is -3.03. The summed E-state index contributed by atoms with van der Waals surface area (Å²) in [6, 6.07) is 0. The van der Waals surface area contributed by atoms with E-state index in [9.17, 15) is 15.0 Å². The molecule has 1 saturated heterocycles. The van der Waals surface area contributed by atoms with Crippen molar-refractivity contribution in [2.24, 2.45) is 0 Å². The molecule has 0 amide bonds. The lowest BCUT2D eigenvalue weighted by molar-refractivity contribution is -0.0511. The van der Waals surface area contributed by atoms with Crippen LogP contribution >= 0.6 is 12.2 Å². The Bertz CT molecular complexity index is 752. The van der Waals surface area contributed by atoms with E-state index in [1.807, 2.05) is 0 Å². The summed E-state index contributed by atoms with van der Waals surface area (Å²) in [5, 5.41) is 28.8. The Morgan fingerprint density at radius 1 is 1.40 bits per heavy atom. The van der Waals surface area contributed by atoms with Gasteiger partial charge in [-0.3, -0.25) is 14.5 Å². The molecule has 2 aromatic rings.